The van der Waals surface area contributed by atoms with Crippen LogP contribution in [0.4, 0.5) is 0 Å². The predicted octanol–water partition coefficient (Wildman–Crippen LogP) is 2.09. The van der Waals surface area contributed by atoms with Crippen LogP contribution in [0.3, 0.4) is 0 Å². The van der Waals surface area contributed by atoms with Gasteiger partial charge in [-0.3, -0.25) is 19.5 Å². The van der Waals surface area contributed by atoms with Crippen molar-refractivity contribution in [3.8, 4) is 0 Å². The molecule has 1 atom stereocenters. The first kappa shape index (κ1) is 24.8. The summed E-state index contributed by atoms with van der Waals surface area (Å²) in [5.74, 6) is -0.240. The van der Waals surface area contributed by atoms with Crippen LogP contribution in [0.15, 0.2) is 42.7 Å². The van der Waals surface area contributed by atoms with Crippen molar-refractivity contribution < 1.29 is 14.3 Å². The van der Waals surface area contributed by atoms with E-state index in [1.807, 2.05) is 32.0 Å². The largest absolute Gasteiger partial charge is 0.379 e. The average Bonchev–Trinajstić information content (AvgIpc) is 2.84. The maximum absolute atomic E-state index is 13.1. The Hall–Kier alpha value is -2.84. The minimum Gasteiger partial charge on any atom is -0.379 e. The number of hydrogen-bond acceptors (Lipinski definition) is 6. The predicted molar refractivity (Wildman–Crippen MR) is 127 cm³/mol. The minimum absolute atomic E-state index is 0.0466. The Kier molecular flexibility index (Phi) is 9.77. The fraction of sp³-hybridized carbons (Fsp3) is 0.520. The highest BCUT2D eigenvalue weighted by atomic mass is 16.5. The summed E-state index contributed by atoms with van der Waals surface area (Å²) in [7, 11) is 0. The normalized spacial score (nSPS) is 15.1. The molecular formula is C25H35N5O3. The van der Waals surface area contributed by atoms with Gasteiger partial charge in [0.1, 0.15) is 5.69 Å². The Bertz CT molecular complexity index is 869. The molecule has 0 radical (unpaired) electrons. The molecule has 1 fully saturated rings. The van der Waals surface area contributed by atoms with Gasteiger partial charge >= 0.3 is 0 Å². The Morgan fingerprint density at radius 3 is 2.58 bits per heavy atom. The van der Waals surface area contributed by atoms with E-state index in [9.17, 15) is 9.59 Å². The quantitative estimate of drug-likeness (QED) is 0.561. The number of aryl methyl sites for hydroxylation is 2. The van der Waals surface area contributed by atoms with E-state index in [2.05, 4.69) is 32.3 Å². The zero-order chi connectivity index (χ0) is 23.5. The van der Waals surface area contributed by atoms with E-state index < -0.39 is 0 Å². The molecule has 0 bridgehead atoms. The second-order valence-electron chi connectivity index (χ2n) is 8.53. The van der Waals surface area contributed by atoms with Gasteiger partial charge in [-0.15, -0.1) is 0 Å². The third-order valence-electron chi connectivity index (χ3n) is 5.80. The highest BCUT2D eigenvalue weighted by molar-refractivity contribution is 5.92. The third kappa shape index (κ3) is 8.55. The molecule has 2 aromatic rings. The van der Waals surface area contributed by atoms with Crippen LogP contribution < -0.4 is 5.32 Å². The molecule has 0 saturated carbocycles. The van der Waals surface area contributed by atoms with Crippen molar-refractivity contribution in [2.75, 3.05) is 45.9 Å². The average molecular weight is 454 g/mol. The lowest BCUT2D eigenvalue weighted by atomic mass is 10.1. The van der Waals surface area contributed by atoms with Crippen LogP contribution in [0.1, 0.15) is 41.5 Å². The van der Waals surface area contributed by atoms with Gasteiger partial charge in [-0.25, -0.2) is 4.98 Å². The molecule has 1 saturated heterocycles. The second kappa shape index (κ2) is 13.0. The fourth-order valence-corrected chi connectivity index (χ4v) is 3.75. The molecule has 2 amide bonds. The summed E-state index contributed by atoms with van der Waals surface area (Å²) in [4.78, 5) is 38.1. The van der Waals surface area contributed by atoms with Crippen molar-refractivity contribution in [2.24, 2.45) is 0 Å². The van der Waals surface area contributed by atoms with Crippen LogP contribution in [-0.2, 0) is 16.0 Å². The van der Waals surface area contributed by atoms with Gasteiger partial charge in [-0.05, 0) is 32.3 Å². The number of ether oxygens (including phenoxy) is 1. The molecule has 33 heavy (non-hydrogen) atoms. The fourth-order valence-electron chi connectivity index (χ4n) is 3.75. The standard InChI is InChI=1S/C25H35N5O3/c1-20(8-9-22-6-4-3-5-7-22)28-24(31)10-11-30(13-12-29-14-16-33-17-15-29)25(32)23-19-26-21(2)18-27-23/h3-7,18-20H,8-17H2,1-2H3,(H,28,31). The van der Waals surface area contributed by atoms with Gasteiger partial charge in [0.2, 0.25) is 5.91 Å². The number of nitrogens with zero attached hydrogens (tertiary/aromatic N) is 4. The number of morpholine rings is 1. The molecule has 1 N–H and O–H groups in total. The number of hydrogen-bond donors (Lipinski definition) is 1. The number of aromatic nitrogens is 2. The number of carbonyl (C=O) groups excluding carboxylic acids is 2. The van der Waals surface area contributed by atoms with Crippen molar-refractivity contribution in [1.82, 2.24) is 25.1 Å². The third-order valence-corrected chi connectivity index (χ3v) is 5.80. The Balaban J connectivity index is 1.51. The number of nitrogens with one attached hydrogen (secondary N) is 1. The second-order valence-corrected chi connectivity index (χ2v) is 8.53. The lowest BCUT2D eigenvalue weighted by molar-refractivity contribution is -0.121. The van der Waals surface area contributed by atoms with Crippen LogP contribution in [0.25, 0.3) is 0 Å². The number of carbonyl (C=O) groups is 2. The van der Waals surface area contributed by atoms with E-state index in [1.54, 1.807) is 11.1 Å². The van der Waals surface area contributed by atoms with Crippen LogP contribution in [-0.4, -0.2) is 83.6 Å². The van der Waals surface area contributed by atoms with Crippen molar-refractivity contribution in [3.63, 3.8) is 0 Å². The van der Waals surface area contributed by atoms with Gasteiger partial charge in [-0.1, -0.05) is 30.3 Å². The van der Waals surface area contributed by atoms with E-state index >= 15 is 0 Å². The summed E-state index contributed by atoms with van der Waals surface area (Å²) in [6, 6.07) is 10.3. The first-order valence-corrected chi connectivity index (χ1v) is 11.7. The van der Waals surface area contributed by atoms with Gasteiger partial charge < -0.3 is 15.0 Å². The lowest BCUT2D eigenvalue weighted by Crippen LogP contribution is -2.44. The summed E-state index contributed by atoms with van der Waals surface area (Å²) >= 11 is 0. The Morgan fingerprint density at radius 2 is 1.88 bits per heavy atom. The SMILES string of the molecule is Cc1cnc(C(=O)N(CCC(=O)NC(C)CCc2ccccc2)CCN2CCOCC2)cn1. The Labute approximate surface area is 196 Å². The molecule has 1 aliphatic rings. The number of rotatable bonds is 11. The van der Waals surface area contributed by atoms with Gasteiger partial charge in [0.15, 0.2) is 0 Å². The summed E-state index contributed by atoms with van der Waals surface area (Å²) < 4.78 is 5.41. The first-order chi connectivity index (χ1) is 16.0. The molecule has 1 aromatic heterocycles. The molecule has 3 rings (SSSR count). The summed E-state index contributed by atoms with van der Waals surface area (Å²) in [6.45, 7) is 8.59. The van der Waals surface area contributed by atoms with Crippen molar-refractivity contribution in [1.29, 1.82) is 0 Å². The van der Waals surface area contributed by atoms with E-state index in [1.165, 1.54) is 11.8 Å². The first-order valence-electron chi connectivity index (χ1n) is 11.7. The smallest absolute Gasteiger partial charge is 0.274 e. The maximum Gasteiger partial charge on any atom is 0.274 e. The molecular weight excluding hydrogens is 418 g/mol. The summed E-state index contributed by atoms with van der Waals surface area (Å²) in [5, 5.41) is 3.07. The van der Waals surface area contributed by atoms with Crippen LogP contribution in [0, 0.1) is 6.92 Å². The van der Waals surface area contributed by atoms with Crippen LogP contribution in [0.5, 0.6) is 0 Å². The van der Waals surface area contributed by atoms with E-state index in [0.29, 0.717) is 32.0 Å². The molecule has 1 aliphatic heterocycles. The molecule has 8 heteroatoms. The molecule has 2 heterocycles. The van der Waals surface area contributed by atoms with Crippen LogP contribution in [0.2, 0.25) is 0 Å². The zero-order valence-corrected chi connectivity index (χ0v) is 19.7. The number of amides is 2. The number of benzene rings is 1. The van der Waals surface area contributed by atoms with E-state index in [4.69, 9.17) is 4.74 Å². The monoisotopic (exact) mass is 453 g/mol. The minimum atomic E-state index is -0.194. The summed E-state index contributed by atoms with van der Waals surface area (Å²) in [6.07, 6.45) is 5.14. The van der Waals surface area contributed by atoms with E-state index in [-0.39, 0.29) is 24.3 Å². The molecule has 1 aromatic carbocycles. The van der Waals surface area contributed by atoms with Crippen molar-refractivity contribution >= 4 is 11.8 Å². The van der Waals surface area contributed by atoms with Gasteiger partial charge in [0.05, 0.1) is 25.1 Å². The van der Waals surface area contributed by atoms with E-state index in [0.717, 1.165) is 38.2 Å². The highest BCUT2D eigenvalue weighted by Crippen LogP contribution is 2.07. The van der Waals surface area contributed by atoms with Gasteiger partial charge in [0, 0.05) is 51.4 Å². The van der Waals surface area contributed by atoms with Gasteiger partial charge in [-0.2, -0.15) is 0 Å². The lowest BCUT2D eigenvalue weighted by Gasteiger charge is -2.30. The highest BCUT2D eigenvalue weighted by Gasteiger charge is 2.21. The molecule has 0 aliphatic carbocycles. The molecule has 8 nitrogen and oxygen atoms in total. The molecule has 0 spiro atoms. The summed E-state index contributed by atoms with van der Waals surface area (Å²) in [5.41, 5.74) is 2.33. The van der Waals surface area contributed by atoms with Crippen molar-refractivity contribution in [3.05, 3.63) is 59.7 Å². The van der Waals surface area contributed by atoms with Crippen molar-refractivity contribution in [2.45, 2.75) is 39.2 Å². The Morgan fingerprint density at radius 1 is 1.12 bits per heavy atom. The van der Waals surface area contributed by atoms with Gasteiger partial charge in [0.25, 0.3) is 5.91 Å². The maximum atomic E-state index is 13.1. The molecule has 1 unspecified atom stereocenters. The zero-order valence-electron chi connectivity index (χ0n) is 19.7. The molecule has 178 valence electrons. The van der Waals surface area contributed by atoms with Crippen LogP contribution >= 0.6 is 0 Å². The topological polar surface area (TPSA) is 87.7 Å².